The zero-order valence-electron chi connectivity index (χ0n) is 21.0. The second-order valence-corrected chi connectivity index (χ2v) is 10.3. The number of dihydropyridines is 1. The largest absolute Gasteiger partial charge is 0.504 e. The molecule has 7 heteroatoms. The Labute approximate surface area is 216 Å². The smallest absolute Gasteiger partial charge is 0.336 e. The topological polar surface area (TPSA) is 84.9 Å². The molecule has 1 heterocycles. The van der Waals surface area contributed by atoms with Gasteiger partial charge in [-0.1, -0.05) is 43.3 Å². The van der Waals surface area contributed by atoms with Crippen molar-refractivity contribution in [3.05, 3.63) is 82.2 Å². The third-order valence-corrected chi connectivity index (χ3v) is 7.46. The summed E-state index contributed by atoms with van der Waals surface area (Å²) >= 11 is 1.70. The standard InChI is InChI=1S/C29H33NO5S/c1-4-34-25-17-20(11-12-23(25)31)27-26(29(33)35-13-14-36-5-2)18(3)30-22-15-21(16-24(32)28(22)27)19-9-7-6-8-10-19/h6-12,17,21,27,30-31H,4-5,13-16H2,1-3H3/t21-,27+/m1/s1. The van der Waals surface area contributed by atoms with Crippen LogP contribution in [0, 0.1) is 0 Å². The molecule has 36 heavy (non-hydrogen) atoms. The van der Waals surface area contributed by atoms with Gasteiger partial charge in [0.05, 0.1) is 12.2 Å². The van der Waals surface area contributed by atoms with E-state index in [2.05, 4.69) is 24.4 Å². The zero-order chi connectivity index (χ0) is 25.7. The molecule has 1 aliphatic carbocycles. The number of benzene rings is 2. The van der Waals surface area contributed by atoms with Crippen LogP contribution in [0.4, 0.5) is 0 Å². The van der Waals surface area contributed by atoms with E-state index in [1.807, 2.05) is 32.0 Å². The number of aromatic hydroxyl groups is 1. The van der Waals surface area contributed by atoms with Gasteiger partial charge in [-0.3, -0.25) is 4.79 Å². The SMILES string of the molecule is CCOc1cc([C@H]2C(C(=O)OCCSCC)=C(C)NC3=C2C(=O)C[C@H](c2ccccc2)C3)ccc1O. The van der Waals surface area contributed by atoms with Crippen LogP contribution in [0.25, 0.3) is 0 Å². The summed E-state index contributed by atoms with van der Waals surface area (Å²) in [5, 5.41) is 13.7. The van der Waals surface area contributed by atoms with E-state index in [4.69, 9.17) is 9.47 Å². The quantitative estimate of drug-likeness (QED) is 0.345. The molecule has 1 aliphatic heterocycles. The van der Waals surface area contributed by atoms with Gasteiger partial charge < -0.3 is 19.9 Å². The van der Waals surface area contributed by atoms with Crippen LogP contribution in [0.1, 0.15) is 56.6 Å². The van der Waals surface area contributed by atoms with Crippen LogP contribution in [0.2, 0.25) is 0 Å². The second-order valence-electron chi connectivity index (χ2n) is 8.92. The fourth-order valence-electron chi connectivity index (χ4n) is 5.00. The van der Waals surface area contributed by atoms with Crippen LogP contribution in [-0.2, 0) is 14.3 Å². The Morgan fingerprint density at radius 1 is 1.11 bits per heavy atom. The maximum Gasteiger partial charge on any atom is 0.336 e. The summed E-state index contributed by atoms with van der Waals surface area (Å²) in [6.07, 6.45) is 1.04. The molecule has 0 amide bonds. The number of thioether (sulfide) groups is 1. The maximum atomic E-state index is 13.7. The average Bonchev–Trinajstić information content (AvgIpc) is 2.87. The lowest BCUT2D eigenvalue weighted by molar-refractivity contribution is -0.138. The monoisotopic (exact) mass is 507 g/mol. The Balaban J connectivity index is 1.75. The summed E-state index contributed by atoms with van der Waals surface area (Å²) in [5.74, 6) is 1.05. The first-order chi connectivity index (χ1) is 17.4. The second kappa shape index (κ2) is 11.7. The van der Waals surface area contributed by atoms with E-state index < -0.39 is 11.9 Å². The van der Waals surface area contributed by atoms with Crippen molar-refractivity contribution in [1.29, 1.82) is 0 Å². The molecule has 6 nitrogen and oxygen atoms in total. The summed E-state index contributed by atoms with van der Waals surface area (Å²) in [4.78, 5) is 27.0. The molecule has 2 aromatic carbocycles. The summed E-state index contributed by atoms with van der Waals surface area (Å²) < 4.78 is 11.3. The first kappa shape index (κ1) is 25.9. The number of esters is 1. The van der Waals surface area contributed by atoms with Gasteiger partial charge in [-0.05, 0) is 55.2 Å². The van der Waals surface area contributed by atoms with Crippen molar-refractivity contribution < 1.29 is 24.2 Å². The Bertz CT molecular complexity index is 1190. The summed E-state index contributed by atoms with van der Waals surface area (Å²) in [7, 11) is 0. The highest BCUT2D eigenvalue weighted by Crippen LogP contribution is 2.46. The van der Waals surface area contributed by atoms with Crippen LogP contribution in [0.5, 0.6) is 11.5 Å². The van der Waals surface area contributed by atoms with E-state index in [0.717, 1.165) is 17.0 Å². The lowest BCUT2D eigenvalue weighted by Crippen LogP contribution is -2.36. The molecule has 0 bridgehead atoms. The molecule has 0 fully saturated rings. The van der Waals surface area contributed by atoms with Crippen LogP contribution in [-0.4, -0.2) is 41.6 Å². The Morgan fingerprint density at radius 3 is 2.61 bits per heavy atom. The van der Waals surface area contributed by atoms with Crippen molar-refractivity contribution in [2.45, 2.75) is 45.4 Å². The van der Waals surface area contributed by atoms with Crippen molar-refractivity contribution in [3.63, 3.8) is 0 Å². The molecule has 0 saturated carbocycles. The number of Topliss-reactive ketones (excluding diaryl/α,β-unsaturated/α-hetero) is 1. The molecule has 0 radical (unpaired) electrons. The number of ketones is 1. The van der Waals surface area contributed by atoms with Crippen molar-refractivity contribution in [3.8, 4) is 11.5 Å². The number of carbonyl (C=O) groups excluding carboxylic acids is 2. The molecule has 2 aromatic rings. The van der Waals surface area contributed by atoms with E-state index >= 15 is 0 Å². The lowest BCUT2D eigenvalue weighted by Gasteiger charge is -2.36. The van der Waals surface area contributed by atoms with Crippen molar-refractivity contribution in [1.82, 2.24) is 5.32 Å². The van der Waals surface area contributed by atoms with E-state index in [-0.39, 0.29) is 17.5 Å². The van der Waals surface area contributed by atoms with E-state index in [1.54, 1.807) is 30.0 Å². The summed E-state index contributed by atoms with van der Waals surface area (Å²) in [5.41, 5.74) is 4.38. The van der Waals surface area contributed by atoms with Gasteiger partial charge in [0, 0.05) is 35.1 Å². The lowest BCUT2D eigenvalue weighted by atomic mass is 9.71. The number of ether oxygens (including phenoxy) is 2. The number of carbonyl (C=O) groups is 2. The van der Waals surface area contributed by atoms with Crippen LogP contribution >= 0.6 is 11.8 Å². The van der Waals surface area contributed by atoms with E-state index in [0.29, 0.717) is 60.0 Å². The highest BCUT2D eigenvalue weighted by atomic mass is 32.2. The number of phenolic OH excluding ortho intramolecular Hbond substituents is 1. The normalized spacial score (nSPS) is 19.6. The predicted octanol–water partition coefficient (Wildman–Crippen LogP) is 5.45. The number of rotatable bonds is 9. The van der Waals surface area contributed by atoms with Crippen LogP contribution < -0.4 is 10.1 Å². The van der Waals surface area contributed by atoms with Gasteiger partial charge in [-0.25, -0.2) is 4.79 Å². The van der Waals surface area contributed by atoms with Gasteiger partial charge in [0.2, 0.25) is 0 Å². The minimum Gasteiger partial charge on any atom is -0.504 e. The first-order valence-corrected chi connectivity index (χ1v) is 13.6. The van der Waals surface area contributed by atoms with Gasteiger partial charge in [-0.2, -0.15) is 11.8 Å². The van der Waals surface area contributed by atoms with Gasteiger partial charge in [0.15, 0.2) is 17.3 Å². The summed E-state index contributed by atoms with van der Waals surface area (Å²) in [6, 6.07) is 15.1. The highest BCUT2D eigenvalue weighted by Gasteiger charge is 2.41. The minimum atomic E-state index is -0.600. The zero-order valence-corrected chi connectivity index (χ0v) is 21.8. The number of allylic oxidation sites excluding steroid dienone is 3. The Kier molecular flexibility index (Phi) is 8.41. The van der Waals surface area contributed by atoms with Crippen molar-refractivity contribution in [2.75, 3.05) is 24.7 Å². The van der Waals surface area contributed by atoms with Crippen LogP contribution in [0.15, 0.2) is 71.1 Å². The molecule has 2 atom stereocenters. The molecular weight excluding hydrogens is 474 g/mol. The van der Waals surface area contributed by atoms with Gasteiger partial charge in [0.1, 0.15) is 6.61 Å². The molecule has 0 spiro atoms. The van der Waals surface area contributed by atoms with Crippen molar-refractivity contribution >= 4 is 23.5 Å². The first-order valence-electron chi connectivity index (χ1n) is 12.4. The van der Waals surface area contributed by atoms with Gasteiger partial charge >= 0.3 is 5.97 Å². The molecule has 4 rings (SSSR count). The molecule has 0 aromatic heterocycles. The average molecular weight is 508 g/mol. The third kappa shape index (κ3) is 5.46. The van der Waals surface area contributed by atoms with E-state index in [1.165, 1.54) is 0 Å². The fourth-order valence-corrected chi connectivity index (χ4v) is 5.49. The summed E-state index contributed by atoms with van der Waals surface area (Å²) in [6.45, 7) is 6.44. The predicted molar refractivity (Wildman–Crippen MR) is 142 cm³/mol. The maximum absolute atomic E-state index is 13.7. The number of hydrogen-bond acceptors (Lipinski definition) is 7. The van der Waals surface area contributed by atoms with Gasteiger partial charge in [-0.15, -0.1) is 0 Å². The Morgan fingerprint density at radius 2 is 1.89 bits per heavy atom. The highest BCUT2D eigenvalue weighted by molar-refractivity contribution is 7.99. The van der Waals surface area contributed by atoms with Gasteiger partial charge in [0.25, 0.3) is 0 Å². The van der Waals surface area contributed by atoms with E-state index in [9.17, 15) is 14.7 Å². The molecule has 2 N–H and O–H groups in total. The number of hydrogen-bond donors (Lipinski definition) is 2. The molecular formula is C29H33NO5S. The number of nitrogens with one attached hydrogen (secondary N) is 1. The molecule has 0 unspecified atom stereocenters. The minimum absolute atomic E-state index is 0.00739. The fraction of sp³-hybridized carbons (Fsp3) is 0.379. The number of phenols is 1. The van der Waals surface area contributed by atoms with Crippen molar-refractivity contribution in [2.24, 2.45) is 0 Å². The Hall–Kier alpha value is -3.19. The molecule has 190 valence electrons. The molecule has 0 saturated heterocycles. The third-order valence-electron chi connectivity index (χ3n) is 6.60. The van der Waals surface area contributed by atoms with Crippen LogP contribution in [0.3, 0.4) is 0 Å². The molecule has 2 aliphatic rings.